The zero-order chi connectivity index (χ0) is 20.3. The van der Waals surface area contributed by atoms with Crippen molar-refractivity contribution in [2.45, 2.75) is 13.8 Å². The van der Waals surface area contributed by atoms with Crippen molar-refractivity contribution in [1.29, 1.82) is 5.26 Å². The van der Waals surface area contributed by atoms with E-state index >= 15 is 0 Å². The molecule has 0 aliphatic heterocycles. The van der Waals surface area contributed by atoms with E-state index in [-0.39, 0.29) is 5.75 Å². The molecule has 0 radical (unpaired) electrons. The average Bonchev–Trinajstić information content (AvgIpc) is 3.09. The number of methoxy groups -OCH3 is 2. The van der Waals surface area contributed by atoms with Gasteiger partial charge in [-0.05, 0) is 48.4 Å². The van der Waals surface area contributed by atoms with Crippen molar-refractivity contribution in [3.8, 4) is 23.3 Å². The molecule has 28 heavy (non-hydrogen) atoms. The number of hydrogen-bond acceptors (Lipinski definition) is 6. The molecule has 0 saturated carbocycles. The maximum absolute atomic E-state index is 11.4. The second kappa shape index (κ2) is 7.84. The molecule has 142 valence electrons. The molecule has 0 unspecified atom stereocenters. The van der Waals surface area contributed by atoms with Crippen molar-refractivity contribution in [1.82, 2.24) is 9.97 Å². The fourth-order valence-corrected chi connectivity index (χ4v) is 2.80. The molecule has 1 aromatic heterocycles. The topological polar surface area (TPSA) is 97.2 Å². The van der Waals surface area contributed by atoms with Gasteiger partial charge in [-0.1, -0.05) is 6.07 Å². The van der Waals surface area contributed by atoms with Crippen molar-refractivity contribution in [3.63, 3.8) is 0 Å². The smallest absolute Gasteiger partial charge is 0.308 e. The number of allylic oxidation sites excluding steroid dienone is 1. The van der Waals surface area contributed by atoms with Crippen LogP contribution in [0.2, 0.25) is 0 Å². The summed E-state index contributed by atoms with van der Waals surface area (Å²) in [6.07, 6.45) is 1.66. The van der Waals surface area contributed by atoms with Gasteiger partial charge in [0.1, 0.15) is 11.9 Å². The highest BCUT2D eigenvalue weighted by Crippen LogP contribution is 2.39. The van der Waals surface area contributed by atoms with Gasteiger partial charge in [-0.15, -0.1) is 0 Å². The molecular weight excluding hydrogens is 358 g/mol. The summed E-state index contributed by atoms with van der Waals surface area (Å²) in [5.41, 5.74) is 3.72. The van der Waals surface area contributed by atoms with E-state index in [0.29, 0.717) is 28.5 Å². The predicted molar refractivity (Wildman–Crippen MR) is 105 cm³/mol. The van der Waals surface area contributed by atoms with Crippen LogP contribution in [0.4, 0.5) is 0 Å². The largest absolute Gasteiger partial charge is 0.493 e. The maximum atomic E-state index is 11.4. The minimum atomic E-state index is -0.491. The van der Waals surface area contributed by atoms with Crippen LogP contribution in [0, 0.1) is 18.3 Å². The zero-order valence-corrected chi connectivity index (χ0v) is 16.0. The van der Waals surface area contributed by atoms with Crippen molar-refractivity contribution in [3.05, 3.63) is 47.3 Å². The number of imidazole rings is 1. The summed E-state index contributed by atoms with van der Waals surface area (Å²) in [7, 11) is 2.92. The van der Waals surface area contributed by atoms with E-state index in [4.69, 9.17) is 14.2 Å². The second-order valence-electron chi connectivity index (χ2n) is 6.12. The molecule has 1 N–H and O–H groups in total. The Balaban J connectivity index is 2.08. The van der Waals surface area contributed by atoms with Gasteiger partial charge in [-0.2, -0.15) is 5.26 Å². The molecule has 7 heteroatoms. The number of aromatic nitrogens is 2. The average molecular weight is 377 g/mol. The van der Waals surface area contributed by atoms with Crippen LogP contribution in [0.25, 0.3) is 22.7 Å². The van der Waals surface area contributed by atoms with Crippen LogP contribution in [-0.4, -0.2) is 30.2 Å². The van der Waals surface area contributed by atoms with E-state index in [9.17, 15) is 10.1 Å². The molecular formula is C21H19N3O4. The molecule has 0 atom stereocenters. The molecule has 0 spiro atoms. The van der Waals surface area contributed by atoms with Gasteiger partial charge < -0.3 is 19.2 Å². The van der Waals surface area contributed by atoms with Crippen LogP contribution in [0.15, 0.2) is 30.3 Å². The molecule has 1 heterocycles. The number of carbonyl (C=O) groups excluding carboxylic acids is 1. The molecule has 3 rings (SSSR count). The number of benzene rings is 2. The monoisotopic (exact) mass is 377 g/mol. The van der Waals surface area contributed by atoms with E-state index in [0.717, 1.165) is 16.6 Å². The van der Waals surface area contributed by atoms with Gasteiger partial charge in [0, 0.05) is 6.92 Å². The Morgan fingerprint density at radius 2 is 1.86 bits per heavy atom. The van der Waals surface area contributed by atoms with Crippen molar-refractivity contribution in [2.75, 3.05) is 14.2 Å². The summed E-state index contributed by atoms with van der Waals surface area (Å²) < 4.78 is 15.8. The van der Waals surface area contributed by atoms with Crippen LogP contribution in [0.3, 0.4) is 0 Å². The summed E-state index contributed by atoms with van der Waals surface area (Å²) in [6, 6.07) is 11.3. The van der Waals surface area contributed by atoms with Gasteiger partial charge in [-0.25, -0.2) is 4.98 Å². The van der Waals surface area contributed by atoms with Crippen molar-refractivity contribution >= 4 is 28.7 Å². The van der Waals surface area contributed by atoms with E-state index in [2.05, 4.69) is 16.0 Å². The number of nitrogens with zero attached hydrogens (tertiary/aromatic N) is 2. The van der Waals surface area contributed by atoms with Crippen LogP contribution >= 0.6 is 0 Å². The summed E-state index contributed by atoms with van der Waals surface area (Å²) in [5, 5.41) is 9.64. The number of nitriles is 1. The van der Waals surface area contributed by atoms with E-state index < -0.39 is 5.97 Å². The molecule has 7 nitrogen and oxygen atoms in total. The summed E-state index contributed by atoms with van der Waals surface area (Å²) in [4.78, 5) is 19.0. The Morgan fingerprint density at radius 3 is 2.43 bits per heavy atom. The van der Waals surface area contributed by atoms with Crippen LogP contribution in [0.1, 0.15) is 23.9 Å². The van der Waals surface area contributed by atoms with Gasteiger partial charge in [0.05, 0.1) is 30.8 Å². The van der Waals surface area contributed by atoms with Gasteiger partial charge in [-0.3, -0.25) is 4.79 Å². The van der Waals surface area contributed by atoms with Crippen molar-refractivity contribution < 1.29 is 19.0 Å². The highest BCUT2D eigenvalue weighted by molar-refractivity contribution is 5.91. The molecule has 0 aliphatic carbocycles. The van der Waals surface area contributed by atoms with Crippen LogP contribution in [0.5, 0.6) is 17.2 Å². The first-order valence-corrected chi connectivity index (χ1v) is 8.48. The Bertz CT molecular complexity index is 1100. The number of nitrogens with one attached hydrogen (secondary N) is 1. The number of carbonyl (C=O) groups is 1. The normalized spacial score (nSPS) is 11.2. The lowest BCUT2D eigenvalue weighted by Crippen LogP contribution is -2.05. The maximum Gasteiger partial charge on any atom is 0.308 e. The lowest BCUT2D eigenvalue weighted by molar-refractivity contribution is -0.132. The summed E-state index contributed by atoms with van der Waals surface area (Å²) in [6.45, 7) is 3.29. The third-order valence-electron chi connectivity index (χ3n) is 4.05. The Morgan fingerprint density at radius 1 is 1.18 bits per heavy atom. The molecule has 2 aromatic carbocycles. The molecule has 0 saturated heterocycles. The summed E-state index contributed by atoms with van der Waals surface area (Å²) in [5.74, 6) is 0.796. The van der Waals surface area contributed by atoms with Crippen LogP contribution in [-0.2, 0) is 4.79 Å². The first-order chi connectivity index (χ1) is 13.4. The van der Waals surface area contributed by atoms with Gasteiger partial charge in [0.25, 0.3) is 0 Å². The third-order valence-corrected chi connectivity index (χ3v) is 4.05. The Hall–Kier alpha value is -3.79. The number of aromatic amines is 1. The molecule has 0 aliphatic rings. The van der Waals surface area contributed by atoms with Crippen LogP contribution < -0.4 is 14.2 Å². The number of ether oxygens (including phenoxy) is 3. The summed E-state index contributed by atoms with van der Waals surface area (Å²) >= 11 is 0. The van der Waals surface area contributed by atoms with E-state index in [1.165, 1.54) is 21.1 Å². The SMILES string of the molecule is COc1cc(C=C(C#N)c2nc3ccc(C)cc3[nH]2)cc(OC)c1OC(C)=O. The quantitative estimate of drug-likeness (QED) is 0.412. The van der Waals surface area contributed by atoms with Gasteiger partial charge in [0.2, 0.25) is 5.75 Å². The lowest BCUT2D eigenvalue weighted by atomic mass is 10.1. The number of aryl methyl sites for hydroxylation is 1. The lowest BCUT2D eigenvalue weighted by Gasteiger charge is -2.13. The number of rotatable bonds is 5. The fraction of sp³-hybridized carbons (Fsp3) is 0.190. The van der Waals surface area contributed by atoms with Gasteiger partial charge in [0.15, 0.2) is 11.5 Å². The minimum Gasteiger partial charge on any atom is -0.493 e. The van der Waals surface area contributed by atoms with Crippen molar-refractivity contribution in [2.24, 2.45) is 0 Å². The highest BCUT2D eigenvalue weighted by Gasteiger charge is 2.16. The standard InChI is InChI=1S/C21H19N3O4/c1-12-5-6-16-17(7-12)24-21(23-16)15(11-22)8-14-9-18(26-3)20(28-13(2)25)19(10-14)27-4/h5-10H,1-4H3,(H,23,24). The van der Waals surface area contributed by atoms with E-state index in [1.54, 1.807) is 18.2 Å². The molecule has 0 fully saturated rings. The number of hydrogen-bond donors (Lipinski definition) is 1. The first-order valence-electron chi connectivity index (χ1n) is 8.48. The van der Waals surface area contributed by atoms with E-state index in [1.807, 2.05) is 25.1 Å². The fourth-order valence-electron chi connectivity index (χ4n) is 2.80. The predicted octanol–water partition coefficient (Wildman–Crippen LogP) is 3.88. The number of esters is 1. The molecule has 3 aromatic rings. The molecule has 0 amide bonds. The Labute approximate surface area is 162 Å². The number of H-pyrrole nitrogens is 1. The first kappa shape index (κ1) is 19.0. The number of fused-ring (bicyclic) bond motifs is 1. The van der Waals surface area contributed by atoms with Gasteiger partial charge >= 0.3 is 5.97 Å². The third kappa shape index (κ3) is 3.81. The minimum absolute atomic E-state index is 0.187. The molecule has 0 bridgehead atoms. The second-order valence-corrected chi connectivity index (χ2v) is 6.12. The Kier molecular flexibility index (Phi) is 5.32. The zero-order valence-electron chi connectivity index (χ0n) is 16.0. The highest BCUT2D eigenvalue weighted by atomic mass is 16.6.